The molecule has 0 fully saturated rings. The minimum atomic E-state index is -3.09. The third-order valence-electron chi connectivity index (χ3n) is 1.47. The summed E-state index contributed by atoms with van der Waals surface area (Å²) in [6.45, 7) is 0.691. The molecule has 0 saturated heterocycles. The van der Waals surface area contributed by atoms with E-state index in [-0.39, 0.29) is 5.82 Å². The van der Waals surface area contributed by atoms with E-state index in [9.17, 15) is 13.6 Å². The Morgan fingerprint density at radius 3 is 2.71 bits per heavy atom. The third kappa shape index (κ3) is 2.21. The lowest BCUT2D eigenvalue weighted by Crippen LogP contribution is -2.15. The molecule has 6 heteroatoms. The molecule has 1 rings (SSSR count). The van der Waals surface area contributed by atoms with Crippen LogP contribution in [0.5, 0.6) is 0 Å². The Balaban J connectivity index is 3.08. The predicted molar refractivity (Wildman–Crippen MR) is 42.9 cm³/mol. The van der Waals surface area contributed by atoms with Crippen LogP contribution in [0, 0.1) is 0 Å². The van der Waals surface area contributed by atoms with Crippen molar-refractivity contribution in [2.45, 2.75) is 12.8 Å². The SMILES string of the molecule is COC(=O)c1nccc(C(C)(F)F)n1. The Hall–Kier alpha value is -1.59. The maximum absolute atomic E-state index is 12.8. The molecule has 0 bridgehead atoms. The lowest BCUT2D eigenvalue weighted by atomic mass is 10.2. The van der Waals surface area contributed by atoms with Crippen LogP contribution in [0.3, 0.4) is 0 Å². The number of carbonyl (C=O) groups is 1. The average molecular weight is 202 g/mol. The van der Waals surface area contributed by atoms with E-state index in [0.29, 0.717) is 6.92 Å². The van der Waals surface area contributed by atoms with Crippen LogP contribution in [0.15, 0.2) is 12.3 Å². The van der Waals surface area contributed by atoms with Crippen molar-refractivity contribution < 1.29 is 18.3 Å². The number of hydrogen-bond donors (Lipinski definition) is 0. The predicted octanol–water partition coefficient (Wildman–Crippen LogP) is 1.37. The summed E-state index contributed by atoms with van der Waals surface area (Å²) in [4.78, 5) is 17.8. The van der Waals surface area contributed by atoms with Crippen molar-refractivity contribution in [3.63, 3.8) is 0 Å². The van der Waals surface area contributed by atoms with Gasteiger partial charge in [-0.05, 0) is 6.07 Å². The van der Waals surface area contributed by atoms with E-state index < -0.39 is 17.6 Å². The summed E-state index contributed by atoms with van der Waals surface area (Å²) >= 11 is 0. The van der Waals surface area contributed by atoms with Gasteiger partial charge in [0.05, 0.1) is 7.11 Å². The third-order valence-corrected chi connectivity index (χ3v) is 1.47. The molecular formula is C8H8F2N2O2. The lowest BCUT2D eigenvalue weighted by molar-refractivity contribution is 0.0122. The molecule has 76 valence electrons. The molecule has 1 heterocycles. The van der Waals surface area contributed by atoms with Gasteiger partial charge < -0.3 is 4.74 Å². The molecule has 0 radical (unpaired) electrons. The first-order valence-electron chi connectivity index (χ1n) is 3.75. The molecule has 1 aromatic heterocycles. The summed E-state index contributed by atoms with van der Waals surface area (Å²) in [5.74, 6) is -4.30. The van der Waals surface area contributed by atoms with Gasteiger partial charge in [-0.3, -0.25) is 0 Å². The largest absolute Gasteiger partial charge is 0.463 e. The van der Waals surface area contributed by atoms with Crippen molar-refractivity contribution in [1.82, 2.24) is 9.97 Å². The van der Waals surface area contributed by atoms with Gasteiger partial charge in [0, 0.05) is 13.1 Å². The molecule has 0 atom stereocenters. The molecule has 1 aromatic rings. The number of rotatable bonds is 2. The zero-order chi connectivity index (χ0) is 10.8. The Morgan fingerprint density at radius 2 is 2.21 bits per heavy atom. The van der Waals surface area contributed by atoms with Gasteiger partial charge in [-0.15, -0.1) is 0 Å². The molecule has 0 amide bonds. The van der Waals surface area contributed by atoms with Crippen molar-refractivity contribution in [3.05, 3.63) is 23.8 Å². The van der Waals surface area contributed by atoms with Gasteiger partial charge in [0.25, 0.3) is 5.92 Å². The number of carbonyl (C=O) groups excluding carboxylic acids is 1. The first-order chi connectivity index (χ1) is 6.45. The molecule has 0 aliphatic carbocycles. The fourth-order valence-corrected chi connectivity index (χ4v) is 0.793. The highest BCUT2D eigenvalue weighted by atomic mass is 19.3. The van der Waals surface area contributed by atoms with Crippen LogP contribution in [0.2, 0.25) is 0 Å². The topological polar surface area (TPSA) is 52.1 Å². The van der Waals surface area contributed by atoms with E-state index in [0.717, 1.165) is 19.4 Å². The second kappa shape index (κ2) is 3.65. The van der Waals surface area contributed by atoms with E-state index >= 15 is 0 Å². The molecule has 0 spiro atoms. The Morgan fingerprint density at radius 1 is 1.57 bits per heavy atom. The van der Waals surface area contributed by atoms with E-state index in [1.807, 2.05) is 0 Å². The molecule has 0 aromatic carbocycles. The van der Waals surface area contributed by atoms with E-state index in [2.05, 4.69) is 14.7 Å². The number of hydrogen-bond acceptors (Lipinski definition) is 4. The normalized spacial score (nSPS) is 11.1. The van der Waals surface area contributed by atoms with Gasteiger partial charge in [0.2, 0.25) is 5.82 Å². The van der Waals surface area contributed by atoms with E-state index in [1.165, 1.54) is 0 Å². The second-order valence-corrected chi connectivity index (χ2v) is 2.65. The van der Waals surface area contributed by atoms with Crippen LogP contribution >= 0.6 is 0 Å². The Bertz CT molecular complexity index is 349. The number of ether oxygens (including phenoxy) is 1. The van der Waals surface area contributed by atoms with Crippen LogP contribution in [0.4, 0.5) is 8.78 Å². The monoisotopic (exact) mass is 202 g/mol. The zero-order valence-corrected chi connectivity index (χ0v) is 7.62. The quantitative estimate of drug-likeness (QED) is 0.679. The first kappa shape index (κ1) is 10.5. The number of nitrogens with zero attached hydrogens (tertiary/aromatic N) is 2. The van der Waals surface area contributed by atoms with Gasteiger partial charge in [-0.25, -0.2) is 14.8 Å². The van der Waals surface area contributed by atoms with Crippen LogP contribution in [0.25, 0.3) is 0 Å². The van der Waals surface area contributed by atoms with E-state index in [4.69, 9.17) is 0 Å². The van der Waals surface area contributed by atoms with E-state index in [1.54, 1.807) is 0 Å². The summed E-state index contributed by atoms with van der Waals surface area (Å²) in [6, 6.07) is 1.05. The summed E-state index contributed by atoms with van der Waals surface area (Å²) in [6.07, 6.45) is 1.09. The van der Waals surface area contributed by atoms with Crippen molar-refractivity contribution in [1.29, 1.82) is 0 Å². The highest BCUT2D eigenvalue weighted by molar-refractivity contribution is 5.84. The summed E-state index contributed by atoms with van der Waals surface area (Å²) in [5.41, 5.74) is -0.507. The molecule has 0 aliphatic heterocycles. The molecule has 4 nitrogen and oxygen atoms in total. The summed E-state index contributed by atoms with van der Waals surface area (Å²) in [5, 5.41) is 0. The van der Waals surface area contributed by atoms with Crippen molar-refractivity contribution >= 4 is 5.97 Å². The summed E-state index contributed by atoms with van der Waals surface area (Å²) < 4.78 is 29.8. The number of halogens is 2. The van der Waals surface area contributed by atoms with Crippen LogP contribution in [-0.4, -0.2) is 23.0 Å². The van der Waals surface area contributed by atoms with Gasteiger partial charge in [-0.2, -0.15) is 8.78 Å². The maximum atomic E-state index is 12.8. The van der Waals surface area contributed by atoms with Crippen LogP contribution in [-0.2, 0) is 10.7 Å². The maximum Gasteiger partial charge on any atom is 0.376 e. The molecule has 0 N–H and O–H groups in total. The Labute approximate surface area is 78.9 Å². The number of methoxy groups -OCH3 is 1. The number of aromatic nitrogens is 2. The van der Waals surface area contributed by atoms with Gasteiger partial charge in [0.1, 0.15) is 5.69 Å². The van der Waals surface area contributed by atoms with Crippen molar-refractivity contribution in [2.75, 3.05) is 7.11 Å². The van der Waals surface area contributed by atoms with Gasteiger partial charge in [0.15, 0.2) is 0 Å². The van der Waals surface area contributed by atoms with Crippen molar-refractivity contribution in [3.8, 4) is 0 Å². The van der Waals surface area contributed by atoms with Crippen LogP contribution in [0.1, 0.15) is 23.2 Å². The number of alkyl halides is 2. The Kier molecular flexibility index (Phi) is 2.73. The lowest BCUT2D eigenvalue weighted by Gasteiger charge is -2.08. The molecule has 0 saturated carbocycles. The first-order valence-corrected chi connectivity index (χ1v) is 3.75. The molecule has 0 aliphatic rings. The fraction of sp³-hybridized carbons (Fsp3) is 0.375. The highest BCUT2D eigenvalue weighted by Crippen LogP contribution is 2.24. The average Bonchev–Trinajstić information content (AvgIpc) is 2.15. The molecule has 0 unspecified atom stereocenters. The number of esters is 1. The van der Waals surface area contributed by atoms with Gasteiger partial charge in [-0.1, -0.05) is 0 Å². The minimum Gasteiger partial charge on any atom is -0.463 e. The minimum absolute atomic E-state index is 0.369. The smallest absolute Gasteiger partial charge is 0.376 e. The summed E-state index contributed by atoms with van der Waals surface area (Å²) in [7, 11) is 1.13. The molecular weight excluding hydrogens is 194 g/mol. The molecule has 14 heavy (non-hydrogen) atoms. The zero-order valence-electron chi connectivity index (χ0n) is 7.62. The van der Waals surface area contributed by atoms with Gasteiger partial charge >= 0.3 is 5.97 Å². The second-order valence-electron chi connectivity index (χ2n) is 2.65. The fourth-order valence-electron chi connectivity index (χ4n) is 0.793. The van der Waals surface area contributed by atoms with Crippen molar-refractivity contribution in [2.24, 2.45) is 0 Å². The van der Waals surface area contributed by atoms with Crippen LogP contribution < -0.4 is 0 Å². The highest BCUT2D eigenvalue weighted by Gasteiger charge is 2.27. The standard InChI is InChI=1S/C8H8F2N2O2/c1-8(9,10)5-3-4-11-6(12-5)7(13)14-2/h3-4H,1-2H3.